The van der Waals surface area contributed by atoms with Crippen molar-refractivity contribution in [2.24, 2.45) is 5.92 Å². The van der Waals surface area contributed by atoms with Crippen LogP contribution < -0.4 is 10.6 Å². The smallest absolute Gasteiger partial charge is 0.253 e. The second-order valence-electron chi connectivity index (χ2n) is 8.04. The predicted octanol–water partition coefficient (Wildman–Crippen LogP) is 3.41. The van der Waals surface area contributed by atoms with Gasteiger partial charge in [-0.25, -0.2) is 12.8 Å². The van der Waals surface area contributed by atoms with Crippen molar-refractivity contribution < 1.29 is 22.4 Å². The van der Waals surface area contributed by atoms with Crippen LogP contribution in [0.1, 0.15) is 36.0 Å². The van der Waals surface area contributed by atoms with Crippen LogP contribution in [0, 0.1) is 11.7 Å². The molecular weight excluding hydrogens is 457 g/mol. The second kappa shape index (κ2) is 9.17. The predicted molar refractivity (Wildman–Crippen MR) is 118 cm³/mol. The lowest BCUT2D eigenvalue weighted by molar-refractivity contribution is -0.120. The van der Waals surface area contributed by atoms with Crippen LogP contribution in [-0.4, -0.2) is 43.7 Å². The molecule has 10 heteroatoms. The Bertz CT molecular complexity index is 1150. The monoisotopic (exact) mass is 479 g/mol. The van der Waals surface area contributed by atoms with E-state index in [2.05, 4.69) is 10.6 Å². The number of nitrogens with one attached hydrogen (secondary N) is 2. The van der Waals surface area contributed by atoms with Crippen molar-refractivity contribution in [1.29, 1.82) is 0 Å². The van der Waals surface area contributed by atoms with Gasteiger partial charge in [0.1, 0.15) is 5.82 Å². The van der Waals surface area contributed by atoms with E-state index in [0.29, 0.717) is 24.1 Å². The van der Waals surface area contributed by atoms with E-state index < -0.39 is 21.8 Å². The quantitative estimate of drug-likeness (QED) is 0.663. The van der Waals surface area contributed by atoms with E-state index in [4.69, 9.17) is 11.6 Å². The van der Waals surface area contributed by atoms with Gasteiger partial charge in [0, 0.05) is 25.0 Å². The zero-order valence-corrected chi connectivity index (χ0v) is 18.8. The number of benzene rings is 2. The molecule has 0 radical (unpaired) electrons. The molecule has 1 heterocycles. The van der Waals surface area contributed by atoms with Gasteiger partial charge in [-0.2, -0.15) is 4.31 Å². The lowest BCUT2D eigenvalue weighted by Gasteiger charge is -2.30. The SMILES string of the molecule is O=C(NC1CC1)c1ccccc1NC(=O)C1CCN(S(=O)(=O)c2ccc(F)c(Cl)c2)CC1. The number of carbonyl (C=O) groups excluding carboxylic acids is 2. The summed E-state index contributed by atoms with van der Waals surface area (Å²) < 4.78 is 40.3. The molecular formula is C22H23ClFN3O4S. The fraction of sp³-hybridized carbons (Fsp3) is 0.364. The maximum absolute atomic E-state index is 13.4. The number of rotatable bonds is 6. The topological polar surface area (TPSA) is 95.6 Å². The highest BCUT2D eigenvalue weighted by Gasteiger charge is 2.33. The van der Waals surface area contributed by atoms with Crippen molar-refractivity contribution in [1.82, 2.24) is 9.62 Å². The minimum Gasteiger partial charge on any atom is -0.349 e. The van der Waals surface area contributed by atoms with Crippen LogP contribution in [0.2, 0.25) is 5.02 Å². The number of piperidine rings is 1. The van der Waals surface area contributed by atoms with Gasteiger partial charge >= 0.3 is 0 Å². The maximum atomic E-state index is 13.4. The van der Waals surface area contributed by atoms with Crippen LogP contribution in [0.25, 0.3) is 0 Å². The van der Waals surface area contributed by atoms with E-state index in [9.17, 15) is 22.4 Å². The van der Waals surface area contributed by atoms with E-state index in [0.717, 1.165) is 25.0 Å². The van der Waals surface area contributed by atoms with Gasteiger partial charge < -0.3 is 10.6 Å². The molecule has 1 aliphatic carbocycles. The Morgan fingerprint density at radius 3 is 2.38 bits per heavy atom. The fourth-order valence-electron chi connectivity index (χ4n) is 3.66. The van der Waals surface area contributed by atoms with Gasteiger partial charge in [-0.3, -0.25) is 9.59 Å². The van der Waals surface area contributed by atoms with E-state index in [1.165, 1.54) is 10.4 Å². The summed E-state index contributed by atoms with van der Waals surface area (Å²) in [6.07, 6.45) is 2.59. The van der Waals surface area contributed by atoms with Gasteiger partial charge in [0.05, 0.1) is 21.2 Å². The zero-order chi connectivity index (χ0) is 22.9. The third-order valence-electron chi connectivity index (χ3n) is 5.70. The zero-order valence-electron chi connectivity index (χ0n) is 17.2. The third-order valence-corrected chi connectivity index (χ3v) is 7.88. The normalized spacial score (nSPS) is 17.7. The van der Waals surface area contributed by atoms with Crippen LogP contribution in [0.5, 0.6) is 0 Å². The molecule has 1 aliphatic heterocycles. The molecule has 4 rings (SSSR count). The van der Waals surface area contributed by atoms with Gasteiger partial charge in [-0.1, -0.05) is 23.7 Å². The standard InChI is InChI=1S/C22H23ClFN3O4S/c23-18-13-16(7-8-19(18)24)32(30,31)27-11-9-14(10-12-27)21(28)26-20-4-2-1-3-17(20)22(29)25-15-5-6-15/h1-4,7-8,13-15H,5-6,9-12H2,(H,25,29)(H,26,28). The summed E-state index contributed by atoms with van der Waals surface area (Å²) in [6, 6.07) is 10.3. The van der Waals surface area contributed by atoms with Gasteiger partial charge in [0.25, 0.3) is 5.91 Å². The Morgan fingerprint density at radius 2 is 1.72 bits per heavy atom. The maximum Gasteiger partial charge on any atom is 0.253 e. The molecule has 0 unspecified atom stereocenters. The minimum atomic E-state index is -3.84. The highest BCUT2D eigenvalue weighted by molar-refractivity contribution is 7.89. The van der Waals surface area contributed by atoms with Crippen molar-refractivity contribution in [3.63, 3.8) is 0 Å². The summed E-state index contributed by atoms with van der Waals surface area (Å²) in [4.78, 5) is 25.2. The number of hydrogen-bond acceptors (Lipinski definition) is 4. The van der Waals surface area contributed by atoms with Gasteiger partial charge in [-0.05, 0) is 56.0 Å². The first-order valence-electron chi connectivity index (χ1n) is 10.4. The summed E-state index contributed by atoms with van der Waals surface area (Å²) in [6.45, 7) is 0.304. The molecule has 2 amide bonds. The van der Waals surface area contributed by atoms with Crippen LogP contribution in [-0.2, 0) is 14.8 Å². The lowest BCUT2D eigenvalue weighted by atomic mass is 9.97. The summed E-state index contributed by atoms with van der Waals surface area (Å²) in [5, 5.41) is 5.48. The summed E-state index contributed by atoms with van der Waals surface area (Å²) in [5.74, 6) is -1.55. The summed E-state index contributed by atoms with van der Waals surface area (Å²) >= 11 is 5.73. The first-order chi connectivity index (χ1) is 15.3. The number of anilines is 1. The van der Waals surface area contributed by atoms with Crippen molar-refractivity contribution in [2.75, 3.05) is 18.4 Å². The molecule has 0 spiro atoms. The van der Waals surface area contributed by atoms with Crippen molar-refractivity contribution >= 4 is 39.1 Å². The number of nitrogens with zero attached hydrogens (tertiary/aromatic N) is 1. The average Bonchev–Trinajstić information content (AvgIpc) is 3.60. The first-order valence-corrected chi connectivity index (χ1v) is 12.2. The number of para-hydroxylation sites is 1. The average molecular weight is 480 g/mol. The van der Waals surface area contributed by atoms with Crippen molar-refractivity contribution in [2.45, 2.75) is 36.6 Å². The Balaban J connectivity index is 1.39. The number of carbonyl (C=O) groups is 2. The second-order valence-corrected chi connectivity index (χ2v) is 10.4. The highest BCUT2D eigenvalue weighted by Crippen LogP contribution is 2.28. The molecule has 0 aromatic heterocycles. The molecule has 1 saturated carbocycles. The molecule has 2 aromatic rings. The fourth-order valence-corrected chi connectivity index (χ4v) is 5.40. The molecule has 1 saturated heterocycles. The van der Waals surface area contributed by atoms with Gasteiger partial charge in [-0.15, -0.1) is 0 Å². The molecule has 32 heavy (non-hydrogen) atoms. The van der Waals surface area contributed by atoms with Crippen LogP contribution in [0.3, 0.4) is 0 Å². The first kappa shape index (κ1) is 22.7. The van der Waals surface area contributed by atoms with Crippen molar-refractivity contribution in [3.8, 4) is 0 Å². The lowest BCUT2D eigenvalue weighted by Crippen LogP contribution is -2.41. The molecule has 2 aromatic carbocycles. The van der Waals surface area contributed by atoms with E-state index in [1.807, 2.05) is 0 Å². The Hall–Kier alpha value is -2.49. The minimum absolute atomic E-state index is 0.0811. The van der Waals surface area contributed by atoms with Crippen molar-refractivity contribution in [3.05, 3.63) is 58.9 Å². The number of hydrogen-bond donors (Lipinski definition) is 2. The Morgan fingerprint density at radius 1 is 1.03 bits per heavy atom. The van der Waals surface area contributed by atoms with Crippen LogP contribution in [0.4, 0.5) is 10.1 Å². The van der Waals surface area contributed by atoms with Gasteiger partial charge in [0.2, 0.25) is 15.9 Å². The van der Waals surface area contributed by atoms with E-state index in [-0.39, 0.29) is 40.9 Å². The molecule has 2 N–H and O–H groups in total. The third kappa shape index (κ3) is 4.95. The summed E-state index contributed by atoms with van der Waals surface area (Å²) in [5.41, 5.74) is 0.840. The van der Waals surface area contributed by atoms with E-state index >= 15 is 0 Å². The number of halogens is 2. The molecule has 2 fully saturated rings. The van der Waals surface area contributed by atoms with E-state index in [1.54, 1.807) is 24.3 Å². The molecule has 7 nitrogen and oxygen atoms in total. The number of amides is 2. The molecule has 2 aliphatic rings. The largest absolute Gasteiger partial charge is 0.349 e. The Kier molecular flexibility index (Phi) is 6.50. The Labute approximate surface area is 191 Å². The molecule has 170 valence electrons. The van der Waals surface area contributed by atoms with Crippen LogP contribution >= 0.6 is 11.6 Å². The molecule has 0 atom stereocenters. The number of sulfonamides is 1. The van der Waals surface area contributed by atoms with Gasteiger partial charge in [0.15, 0.2) is 0 Å². The molecule has 0 bridgehead atoms. The summed E-state index contributed by atoms with van der Waals surface area (Å²) in [7, 11) is -3.84. The highest BCUT2D eigenvalue weighted by atomic mass is 35.5. The van der Waals surface area contributed by atoms with Crippen LogP contribution in [0.15, 0.2) is 47.4 Å².